The molecule has 0 aliphatic carbocycles. The number of carbonyl (C=O) groups excluding carboxylic acids is 1. The van der Waals surface area contributed by atoms with Gasteiger partial charge < -0.3 is 10.6 Å². The van der Waals surface area contributed by atoms with Gasteiger partial charge in [-0.05, 0) is 38.4 Å². The molecule has 2 rings (SSSR count). The number of anilines is 2. The van der Waals surface area contributed by atoms with Crippen molar-refractivity contribution in [3.8, 4) is 0 Å². The van der Waals surface area contributed by atoms with Crippen molar-refractivity contribution in [2.75, 3.05) is 22.8 Å². The van der Waals surface area contributed by atoms with Gasteiger partial charge in [0.05, 0.1) is 17.6 Å². The monoisotopic (exact) mass is 347 g/mol. The number of carbonyl (C=O) groups is 1. The Balaban J connectivity index is 0.00000242. The van der Waals surface area contributed by atoms with Crippen LogP contribution in [0.15, 0.2) is 24.3 Å². The molecular weight excluding hydrogens is 326 g/mol. The highest BCUT2D eigenvalue weighted by Crippen LogP contribution is 2.24. The van der Waals surface area contributed by atoms with Gasteiger partial charge in [0.15, 0.2) is 0 Å². The van der Waals surface area contributed by atoms with Crippen LogP contribution in [0.3, 0.4) is 0 Å². The molecule has 2 atom stereocenters. The van der Waals surface area contributed by atoms with Crippen LogP contribution in [-0.4, -0.2) is 33.2 Å². The quantitative estimate of drug-likeness (QED) is 0.775. The second-order valence-corrected chi connectivity index (χ2v) is 7.23. The second kappa shape index (κ2) is 7.80. The van der Waals surface area contributed by atoms with E-state index in [1.807, 2.05) is 0 Å². The van der Waals surface area contributed by atoms with Gasteiger partial charge in [0, 0.05) is 12.0 Å². The summed E-state index contributed by atoms with van der Waals surface area (Å²) in [5.74, 6) is -0.112. The maximum Gasteiger partial charge on any atom is 0.229 e. The highest BCUT2D eigenvalue weighted by molar-refractivity contribution is 7.92. The number of halogens is 1. The fraction of sp³-hybridized carbons (Fsp3) is 0.500. The molecule has 1 aromatic carbocycles. The van der Waals surface area contributed by atoms with Gasteiger partial charge in [-0.3, -0.25) is 9.52 Å². The molecule has 124 valence electrons. The summed E-state index contributed by atoms with van der Waals surface area (Å²) in [5, 5.41) is 6.13. The molecule has 0 saturated carbocycles. The van der Waals surface area contributed by atoms with E-state index >= 15 is 0 Å². The Morgan fingerprint density at radius 2 is 1.91 bits per heavy atom. The molecule has 6 nitrogen and oxygen atoms in total. The lowest BCUT2D eigenvalue weighted by atomic mass is 9.92. The van der Waals surface area contributed by atoms with Crippen molar-refractivity contribution < 1.29 is 13.2 Å². The van der Waals surface area contributed by atoms with Gasteiger partial charge in [0.2, 0.25) is 15.9 Å². The zero-order chi connectivity index (χ0) is 15.5. The minimum atomic E-state index is -3.38. The molecule has 1 heterocycles. The zero-order valence-electron chi connectivity index (χ0n) is 12.6. The molecule has 1 fully saturated rings. The van der Waals surface area contributed by atoms with Crippen LogP contribution in [0, 0.1) is 5.92 Å². The van der Waals surface area contributed by atoms with Crippen molar-refractivity contribution in [2.45, 2.75) is 25.8 Å². The molecule has 0 bridgehead atoms. The molecule has 0 aromatic heterocycles. The van der Waals surface area contributed by atoms with Crippen LogP contribution < -0.4 is 15.4 Å². The van der Waals surface area contributed by atoms with Crippen LogP contribution in [0.5, 0.6) is 0 Å². The Morgan fingerprint density at radius 1 is 1.27 bits per heavy atom. The van der Waals surface area contributed by atoms with Crippen LogP contribution in [0.2, 0.25) is 0 Å². The lowest BCUT2D eigenvalue weighted by molar-refractivity contribution is -0.120. The van der Waals surface area contributed by atoms with Gasteiger partial charge in [-0.25, -0.2) is 8.42 Å². The van der Waals surface area contributed by atoms with E-state index in [2.05, 4.69) is 22.3 Å². The number of benzene rings is 1. The lowest BCUT2D eigenvalue weighted by Gasteiger charge is -2.27. The predicted octanol–water partition coefficient (Wildman–Crippen LogP) is 1.81. The molecular formula is C14H22ClN3O3S. The standard InChI is InChI=1S/C14H21N3O3S.ClH/c1-10-9-11(7-8-15-10)14(18)16-12-5-3-4-6-13(12)17-21(2,19)20;/h3-6,10-11,15,17H,7-9H2,1-2H3,(H,16,18);1H/t10-,11-;/m0./s1. The molecule has 1 aromatic rings. The molecule has 8 heteroatoms. The van der Waals surface area contributed by atoms with Gasteiger partial charge in [-0.2, -0.15) is 0 Å². The Hall–Kier alpha value is -1.31. The average molecular weight is 348 g/mol. The number of rotatable bonds is 4. The second-order valence-electron chi connectivity index (χ2n) is 5.49. The van der Waals surface area contributed by atoms with Crippen LogP contribution in [0.1, 0.15) is 19.8 Å². The Bertz CT molecular complexity index is 622. The largest absolute Gasteiger partial charge is 0.324 e. The normalized spacial score (nSPS) is 21.5. The number of para-hydroxylation sites is 2. The van der Waals surface area contributed by atoms with Crippen molar-refractivity contribution in [3.63, 3.8) is 0 Å². The van der Waals surface area contributed by atoms with Crippen LogP contribution in [0.25, 0.3) is 0 Å². The maximum absolute atomic E-state index is 12.3. The molecule has 1 amide bonds. The fourth-order valence-corrected chi connectivity index (χ4v) is 3.06. The average Bonchev–Trinajstić information content (AvgIpc) is 2.39. The Morgan fingerprint density at radius 3 is 2.50 bits per heavy atom. The van der Waals surface area contributed by atoms with E-state index in [0.717, 1.165) is 25.6 Å². The number of sulfonamides is 1. The van der Waals surface area contributed by atoms with Crippen molar-refractivity contribution in [1.82, 2.24) is 5.32 Å². The summed E-state index contributed by atoms with van der Waals surface area (Å²) >= 11 is 0. The third kappa shape index (κ3) is 5.47. The minimum Gasteiger partial charge on any atom is -0.324 e. The highest BCUT2D eigenvalue weighted by Gasteiger charge is 2.25. The van der Waals surface area contributed by atoms with Crippen molar-refractivity contribution in [1.29, 1.82) is 0 Å². The van der Waals surface area contributed by atoms with Gasteiger partial charge in [-0.15, -0.1) is 12.4 Å². The van der Waals surface area contributed by atoms with E-state index in [4.69, 9.17) is 0 Å². The van der Waals surface area contributed by atoms with Crippen molar-refractivity contribution >= 4 is 39.7 Å². The first-order chi connectivity index (χ1) is 9.85. The third-order valence-electron chi connectivity index (χ3n) is 3.47. The van der Waals surface area contributed by atoms with E-state index in [0.29, 0.717) is 17.4 Å². The van der Waals surface area contributed by atoms with E-state index in [1.54, 1.807) is 24.3 Å². The van der Waals surface area contributed by atoms with Gasteiger partial charge in [0.1, 0.15) is 0 Å². The first kappa shape index (κ1) is 18.7. The SMILES string of the molecule is C[C@H]1C[C@@H](C(=O)Nc2ccccc2NS(C)(=O)=O)CCN1.Cl. The number of hydrogen-bond donors (Lipinski definition) is 3. The van der Waals surface area contributed by atoms with E-state index in [1.165, 1.54) is 0 Å². The highest BCUT2D eigenvalue weighted by atomic mass is 35.5. The van der Waals surface area contributed by atoms with E-state index in [9.17, 15) is 13.2 Å². The maximum atomic E-state index is 12.3. The smallest absolute Gasteiger partial charge is 0.229 e. The van der Waals surface area contributed by atoms with E-state index < -0.39 is 10.0 Å². The lowest BCUT2D eigenvalue weighted by Crippen LogP contribution is -2.40. The first-order valence-corrected chi connectivity index (χ1v) is 8.85. The van der Waals surface area contributed by atoms with Crippen molar-refractivity contribution in [2.24, 2.45) is 5.92 Å². The molecule has 0 spiro atoms. The number of hydrogen-bond acceptors (Lipinski definition) is 4. The van der Waals surface area contributed by atoms with Gasteiger partial charge in [0.25, 0.3) is 0 Å². The fourth-order valence-electron chi connectivity index (χ4n) is 2.49. The summed E-state index contributed by atoms with van der Waals surface area (Å²) in [5.41, 5.74) is 0.870. The predicted molar refractivity (Wildman–Crippen MR) is 91.0 cm³/mol. The van der Waals surface area contributed by atoms with Crippen LogP contribution in [-0.2, 0) is 14.8 Å². The van der Waals surface area contributed by atoms with Crippen molar-refractivity contribution in [3.05, 3.63) is 24.3 Å². The molecule has 0 radical (unpaired) electrons. The van der Waals surface area contributed by atoms with Gasteiger partial charge in [-0.1, -0.05) is 12.1 Å². The third-order valence-corrected chi connectivity index (χ3v) is 4.07. The number of nitrogens with one attached hydrogen (secondary N) is 3. The molecule has 1 aliphatic rings. The van der Waals surface area contributed by atoms with Gasteiger partial charge >= 0.3 is 0 Å². The molecule has 0 unspecified atom stereocenters. The zero-order valence-corrected chi connectivity index (χ0v) is 14.3. The Labute approximate surface area is 137 Å². The summed E-state index contributed by atoms with van der Waals surface area (Å²) in [4.78, 5) is 12.3. The van der Waals surface area contributed by atoms with E-state index in [-0.39, 0.29) is 24.2 Å². The molecule has 3 N–H and O–H groups in total. The Kier molecular flexibility index (Phi) is 6.65. The molecule has 22 heavy (non-hydrogen) atoms. The number of amides is 1. The summed E-state index contributed by atoms with van der Waals surface area (Å²) in [6.45, 7) is 2.88. The van der Waals surface area contributed by atoms with Crippen LogP contribution >= 0.6 is 12.4 Å². The number of piperidine rings is 1. The minimum absolute atomic E-state index is 0. The molecule has 1 saturated heterocycles. The summed E-state index contributed by atoms with van der Waals surface area (Å²) in [6, 6.07) is 7.11. The summed E-state index contributed by atoms with van der Waals surface area (Å²) < 4.78 is 25.1. The topological polar surface area (TPSA) is 87.3 Å². The first-order valence-electron chi connectivity index (χ1n) is 6.96. The van der Waals surface area contributed by atoms with Crippen LogP contribution in [0.4, 0.5) is 11.4 Å². The summed E-state index contributed by atoms with van der Waals surface area (Å²) in [6.07, 6.45) is 2.66. The molecule has 1 aliphatic heterocycles. The summed E-state index contributed by atoms with van der Waals surface area (Å²) in [7, 11) is -3.38.